The van der Waals surface area contributed by atoms with Gasteiger partial charge in [0.15, 0.2) is 0 Å². The minimum absolute atomic E-state index is 0.101. The Morgan fingerprint density at radius 1 is 1.35 bits per heavy atom. The van der Waals surface area contributed by atoms with Crippen molar-refractivity contribution >= 4 is 0 Å². The molecule has 2 rings (SSSR count). The fraction of sp³-hybridized carbons (Fsp3) is 0.647. The fourth-order valence-corrected chi connectivity index (χ4v) is 3.68. The van der Waals surface area contributed by atoms with Crippen molar-refractivity contribution < 1.29 is 4.39 Å². The van der Waals surface area contributed by atoms with Gasteiger partial charge in [0.25, 0.3) is 0 Å². The number of hydrogen-bond acceptors (Lipinski definition) is 2. The van der Waals surface area contributed by atoms with Crippen molar-refractivity contribution in [3.05, 3.63) is 35.6 Å². The quantitative estimate of drug-likeness (QED) is 0.908. The Bertz CT molecular complexity index is 444. The molecule has 2 atom stereocenters. The molecule has 0 aromatic heterocycles. The Labute approximate surface area is 122 Å². The monoisotopic (exact) mass is 278 g/mol. The van der Waals surface area contributed by atoms with Gasteiger partial charge >= 0.3 is 0 Å². The molecule has 0 bridgehead atoms. The van der Waals surface area contributed by atoms with E-state index < -0.39 is 0 Å². The third-order valence-corrected chi connectivity index (χ3v) is 4.80. The fourth-order valence-electron chi connectivity index (χ4n) is 3.68. The molecule has 3 heteroatoms. The van der Waals surface area contributed by atoms with E-state index in [1.807, 2.05) is 19.2 Å². The smallest absolute Gasteiger partial charge is 0.127 e. The second-order valence-electron chi connectivity index (χ2n) is 6.72. The van der Waals surface area contributed by atoms with Gasteiger partial charge in [-0.25, -0.2) is 4.39 Å². The number of nitrogens with one attached hydrogen (secondary N) is 1. The summed E-state index contributed by atoms with van der Waals surface area (Å²) in [7, 11) is 4.16. The second kappa shape index (κ2) is 6.23. The highest BCUT2D eigenvalue weighted by Crippen LogP contribution is 2.37. The van der Waals surface area contributed by atoms with Crippen LogP contribution in [0.4, 0.5) is 4.39 Å². The lowest BCUT2D eigenvalue weighted by Gasteiger charge is -2.47. The number of benzene rings is 1. The van der Waals surface area contributed by atoms with Crippen LogP contribution in [0.2, 0.25) is 0 Å². The number of halogens is 1. The zero-order chi connectivity index (χ0) is 14.8. The summed E-state index contributed by atoms with van der Waals surface area (Å²) in [5, 5.41) is 3.49. The maximum Gasteiger partial charge on any atom is 0.127 e. The molecule has 0 heterocycles. The van der Waals surface area contributed by atoms with E-state index in [-0.39, 0.29) is 5.82 Å². The van der Waals surface area contributed by atoms with Gasteiger partial charge in [-0.05, 0) is 38.4 Å². The Kier molecular flexibility index (Phi) is 4.82. The lowest BCUT2D eigenvalue weighted by Crippen LogP contribution is -2.56. The van der Waals surface area contributed by atoms with Gasteiger partial charge in [0, 0.05) is 24.2 Å². The normalized spacial score (nSPS) is 25.9. The van der Waals surface area contributed by atoms with Crippen molar-refractivity contribution in [3.8, 4) is 0 Å². The van der Waals surface area contributed by atoms with Crippen LogP contribution in [0.1, 0.15) is 38.7 Å². The summed E-state index contributed by atoms with van der Waals surface area (Å²) in [4.78, 5) is 2.31. The van der Waals surface area contributed by atoms with Crippen molar-refractivity contribution in [3.63, 3.8) is 0 Å². The Hall–Kier alpha value is -0.930. The highest BCUT2D eigenvalue weighted by Gasteiger charge is 2.39. The standard InChI is InChI=1S/C17H27FN2/c1-17(2)11-7-10-15(16(17)19-3)20(4)12-13-8-5-6-9-14(13)18/h5-6,8-9,15-16,19H,7,10-12H2,1-4H3. The van der Waals surface area contributed by atoms with Gasteiger partial charge < -0.3 is 5.32 Å². The van der Waals surface area contributed by atoms with Gasteiger partial charge in [0.05, 0.1) is 0 Å². The molecule has 0 saturated heterocycles. The van der Waals surface area contributed by atoms with E-state index in [1.54, 1.807) is 12.1 Å². The van der Waals surface area contributed by atoms with Crippen molar-refractivity contribution in [2.45, 2.75) is 51.7 Å². The topological polar surface area (TPSA) is 15.3 Å². The molecule has 0 radical (unpaired) electrons. The van der Waals surface area contributed by atoms with Crippen LogP contribution < -0.4 is 5.32 Å². The third kappa shape index (κ3) is 3.21. The van der Waals surface area contributed by atoms with Crippen molar-refractivity contribution in [1.82, 2.24) is 10.2 Å². The van der Waals surface area contributed by atoms with Crippen LogP contribution in [-0.2, 0) is 6.54 Å². The molecule has 1 aliphatic rings. The summed E-state index contributed by atoms with van der Waals surface area (Å²) in [5.41, 5.74) is 1.08. The van der Waals surface area contributed by atoms with Crippen molar-refractivity contribution in [1.29, 1.82) is 0 Å². The Morgan fingerprint density at radius 3 is 2.70 bits per heavy atom. The van der Waals surface area contributed by atoms with Gasteiger partial charge in [-0.2, -0.15) is 0 Å². The molecule has 1 saturated carbocycles. The molecule has 1 aromatic rings. The lowest BCUT2D eigenvalue weighted by molar-refractivity contribution is 0.0627. The SMILES string of the molecule is CNC1C(N(C)Cc2ccccc2F)CCCC1(C)C. The molecule has 0 spiro atoms. The molecule has 2 nitrogen and oxygen atoms in total. The first-order chi connectivity index (χ1) is 9.45. The first-order valence-electron chi connectivity index (χ1n) is 7.56. The highest BCUT2D eigenvalue weighted by molar-refractivity contribution is 5.17. The van der Waals surface area contributed by atoms with E-state index in [0.29, 0.717) is 24.0 Å². The van der Waals surface area contributed by atoms with E-state index in [1.165, 1.54) is 19.3 Å². The zero-order valence-corrected chi connectivity index (χ0v) is 13.1. The first kappa shape index (κ1) is 15.5. The molecule has 1 aromatic carbocycles. The summed E-state index contributed by atoms with van der Waals surface area (Å²) in [5.74, 6) is -0.101. The maximum absolute atomic E-state index is 13.8. The summed E-state index contributed by atoms with van der Waals surface area (Å²) in [6.45, 7) is 5.33. The molecule has 1 N–H and O–H groups in total. The van der Waals surface area contributed by atoms with E-state index in [2.05, 4.69) is 31.1 Å². The summed E-state index contributed by atoms with van der Waals surface area (Å²) in [6.07, 6.45) is 3.68. The van der Waals surface area contributed by atoms with Gasteiger partial charge in [0.1, 0.15) is 5.82 Å². The molecule has 112 valence electrons. The van der Waals surface area contributed by atoms with Crippen LogP contribution in [0.15, 0.2) is 24.3 Å². The predicted molar refractivity (Wildman–Crippen MR) is 82.1 cm³/mol. The maximum atomic E-state index is 13.8. The number of rotatable bonds is 4. The van der Waals surface area contributed by atoms with Crippen LogP contribution in [0.5, 0.6) is 0 Å². The van der Waals surface area contributed by atoms with Gasteiger partial charge in [-0.1, -0.05) is 38.5 Å². The van der Waals surface area contributed by atoms with Crippen molar-refractivity contribution in [2.75, 3.05) is 14.1 Å². The van der Waals surface area contributed by atoms with Crippen LogP contribution in [-0.4, -0.2) is 31.1 Å². The summed E-state index contributed by atoms with van der Waals surface area (Å²) >= 11 is 0. The van der Waals surface area contributed by atoms with Crippen LogP contribution in [0.3, 0.4) is 0 Å². The Balaban J connectivity index is 2.11. The van der Waals surface area contributed by atoms with Crippen LogP contribution in [0.25, 0.3) is 0 Å². The number of hydrogen-bond donors (Lipinski definition) is 1. The largest absolute Gasteiger partial charge is 0.315 e. The third-order valence-electron chi connectivity index (χ3n) is 4.80. The van der Waals surface area contributed by atoms with Crippen molar-refractivity contribution in [2.24, 2.45) is 5.41 Å². The molecular weight excluding hydrogens is 251 g/mol. The van der Waals surface area contributed by atoms with Gasteiger partial charge in [0.2, 0.25) is 0 Å². The predicted octanol–water partition coefficient (Wildman–Crippen LogP) is 3.42. The average Bonchev–Trinajstić information content (AvgIpc) is 2.40. The summed E-state index contributed by atoms with van der Waals surface area (Å²) < 4.78 is 13.8. The molecule has 1 aliphatic carbocycles. The lowest BCUT2D eigenvalue weighted by atomic mass is 9.70. The summed E-state index contributed by atoms with van der Waals surface area (Å²) in [6, 6.07) is 8.00. The van der Waals surface area contributed by atoms with Crippen LogP contribution >= 0.6 is 0 Å². The zero-order valence-electron chi connectivity index (χ0n) is 13.1. The number of nitrogens with zero attached hydrogens (tertiary/aromatic N) is 1. The Morgan fingerprint density at radius 2 is 2.05 bits per heavy atom. The minimum Gasteiger partial charge on any atom is -0.315 e. The highest BCUT2D eigenvalue weighted by atomic mass is 19.1. The van der Waals surface area contributed by atoms with Crippen LogP contribution in [0, 0.1) is 11.2 Å². The average molecular weight is 278 g/mol. The first-order valence-corrected chi connectivity index (χ1v) is 7.56. The molecule has 2 unspecified atom stereocenters. The second-order valence-corrected chi connectivity index (χ2v) is 6.72. The molecule has 20 heavy (non-hydrogen) atoms. The van der Waals surface area contributed by atoms with Gasteiger partial charge in [-0.3, -0.25) is 4.90 Å². The van der Waals surface area contributed by atoms with E-state index in [9.17, 15) is 4.39 Å². The molecular formula is C17H27FN2. The van der Waals surface area contributed by atoms with E-state index >= 15 is 0 Å². The molecule has 0 aliphatic heterocycles. The van der Waals surface area contributed by atoms with E-state index in [0.717, 1.165) is 5.56 Å². The minimum atomic E-state index is -0.101. The molecule has 0 amide bonds. The number of likely N-dealkylation sites (N-methyl/N-ethyl adjacent to an activating group) is 2. The van der Waals surface area contributed by atoms with E-state index in [4.69, 9.17) is 0 Å². The molecule has 1 fully saturated rings. The van der Waals surface area contributed by atoms with Gasteiger partial charge in [-0.15, -0.1) is 0 Å².